The Balaban J connectivity index is 2.14. The van der Waals surface area contributed by atoms with Gasteiger partial charge in [0.05, 0.1) is 17.7 Å². The number of nitrogens with zero attached hydrogens (tertiary/aromatic N) is 1. The average Bonchev–Trinajstić information content (AvgIpc) is 2.70. The molecular formula is C16H19NO3. The summed E-state index contributed by atoms with van der Waals surface area (Å²) in [7, 11) is 0. The molecular weight excluding hydrogens is 254 g/mol. The van der Waals surface area contributed by atoms with E-state index in [1.54, 1.807) is 24.3 Å². The van der Waals surface area contributed by atoms with E-state index < -0.39 is 0 Å². The number of hydrogen-bond acceptors (Lipinski definition) is 3. The fourth-order valence-corrected chi connectivity index (χ4v) is 2.61. The summed E-state index contributed by atoms with van der Waals surface area (Å²) in [5.74, 6) is -0.802. The smallest absolute Gasteiger partial charge is 0.261 e. The van der Waals surface area contributed by atoms with Crippen molar-refractivity contribution in [1.29, 1.82) is 0 Å². The number of carbonyl (C=O) groups is 3. The van der Waals surface area contributed by atoms with Crippen LogP contribution in [-0.4, -0.2) is 29.0 Å². The van der Waals surface area contributed by atoms with E-state index in [0.29, 0.717) is 11.1 Å². The molecule has 20 heavy (non-hydrogen) atoms. The van der Waals surface area contributed by atoms with Gasteiger partial charge in [-0.05, 0) is 25.0 Å². The van der Waals surface area contributed by atoms with Crippen LogP contribution < -0.4 is 0 Å². The summed E-state index contributed by atoms with van der Waals surface area (Å²) < 4.78 is 0. The standard InChI is InChI=1S/C16H19NO3/c1-3-7-11(4-2)14(18)10-17-15(19)12-8-5-6-9-13(12)16(17)20/h5-6,8-9,11H,3-4,7,10H2,1-2H3. The molecule has 1 atom stereocenters. The number of Topliss-reactive ketones (excluding diaryl/α,β-unsaturated/α-hetero) is 1. The van der Waals surface area contributed by atoms with Crippen molar-refractivity contribution < 1.29 is 14.4 Å². The second-order valence-corrected chi connectivity index (χ2v) is 5.10. The molecule has 0 aromatic heterocycles. The van der Waals surface area contributed by atoms with Crippen molar-refractivity contribution in [1.82, 2.24) is 4.90 Å². The van der Waals surface area contributed by atoms with E-state index in [1.807, 2.05) is 13.8 Å². The summed E-state index contributed by atoms with van der Waals surface area (Å²) in [5, 5.41) is 0. The van der Waals surface area contributed by atoms with Crippen molar-refractivity contribution in [3.8, 4) is 0 Å². The molecule has 0 saturated carbocycles. The van der Waals surface area contributed by atoms with Gasteiger partial charge in [0.2, 0.25) is 0 Å². The van der Waals surface area contributed by atoms with Crippen molar-refractivity contribution in [2.24, 2.45) is 5.92 Å². The van der Waals surface area contributed by atoms with Crippen molar-refractivity contribution in [2.45, 2.75) is 33.1 Å². The maximum atomic E-state index is 12.2. The first kappa shape index (κ1) is 14.4. The Morgan fingerprint density at radius 2 is 1.65 bits per heavy atom. The summed E-state index contributed by atoms with van der Waals surface area (Å²) in [5.41, 5.74) is 0.794. The minimum Gasteiger partial charge on any atom is -0.297 e. The minimum absolute atomic E-state index is 0.0242. The first-order valence-corrected chi connectivity index (χ1v) is 7.08. The quantitative estimate of drug-likeness (QED) is 0.749. The van der Waals surface area contributed by atoms with Crippen LogP contribution in [0.25, 0.3) is 0 Å². The van der Waals surface area contributed by atoms with Gasteiger partial charge < -0.3 is 0 Å². The highest BCUT2D eigenvalue weighted by atomic mass is 16.2. The minimum atomic E-state index is -0.356. The molecule has 4 nitrogen and oxygen atoms in total. The van der Waals surface area contributed by atoms with Crippen molar-refractivity contribution in [2.75, 3.05) is 6.54 Å². The van der Waals surface area contributed by atoms with E-state index in [9.17, 15) is 14.4 Å². The zero-order valence-corrected chi connectivity index (χ0v) is 11.9. The van der Waals surface area contributed by atoms with Crippen LogP contribution in [0.4, 0.5) is 0 Å². The van der Waals surface area contributed by atoms with Crippen molar-refractivity contribution >= 4 is 17.6 Å². The number of hydrogen-bond donors (Lipinski definition) is 0. The van der Waals surface area contributed by atoms with Gasteiger partial charge in [0.1, 0.15) is 0 Å². The first-order chi connectivity index (χ1) is 9.60. The van der Waals surface area contributed by atoms with E-state index >= 15 is 0 Å². The summed E-state index contributed by atoms with van der Waals surface area (Å²) in [4.78, 5) is 37.6. The number of ketones is 1. The zero-order valence-electron chi connectivity index (χ0n) is 11.9. The highest BCUT2D eigenvalue weighted by Gasteiger charge is 2.36. The average molecular weight is 273 g/mol. The molecule has 2 amide bonds. The molecule has 4 heteroatoms. The Bertz CT molecular complexity index is 515. The van der Waals surface area contributed by atoms with Crippen molar-refractivity contribution in [3.63, 3.8) is 0 Å². The van der Waals surface area contributed by atoms with Gasteiger partial charge in [-0.3, -0.25) is 19.3 Å². The molecule has 1 heterocycles. The molecule has 1 aromatic carbocycles. The van der Waals surface area contributed by atoms with Gasteiger partial charge in [-0.25, -0.2) is 0 Å². The molecule has 1 aromatic rings. The van der Waals surface area contributed by atoms with Gasteiger partial charge in [0.25, 0.3) is 11.8 Å². The highest BCUT2D eigenvalue weighted by Crippen LogP contribution is 2.23. The Labute approximate surface area is 118 Å². The second-order valence-electron chi connectivity index (χ2n) is 5.10. The van der Waals surface area contributed by atoms with Gasteiger partial charge in [0, 0.05) is 5.92 Å². The largest absolute Gasteiger partial charge is 0.297 e. The Kier molecular flexibility index (Phi) is 4.32. The molecule has 1 aliphatic rings. The summed E-state index contributed by atoms with van der Waals surface area (Å²) >= 11 is 0. The number of amides is 2. The molecule has 2 rings (SSSR count). The van der Waals surface area contributed by atoms with E-state index in [2.05, 4.69) is 0 Å². The van der Waals surface area contributed by atoms with Crippen LogP contribution in [0.2, 0.25) is 0 Å². The van der Waals surface area contributed by atoms with Crippen molar-refractivity contribution in [3.05, 3.63) is 35.4 Å². The van der Waals surface area contributed by atoms with E-state index in [-0.39, 0.29) is 30.1 Å². The SMILES string of the molecule is CCCC(CC)C(=O)CN1C(=O)c2ccccc2C1=O. The number of rotatable bonds is 6. The number of benzene rings is 1. The molecule has 0 spiro atoms. The van der Waals surface area contributed by atoms with Crippen LogP contribution in [0.15, 0.2) is 24.3 Å². The van der Waals surface area contributed by atoms with Crippen LogP contribution in [0.3, 0.4) is 0 Å². The fraction of sp³-hybridized carbons (Fsp3) is 0.438. The predicted molar refractivity (Wildman–Crippen MR) is 75.5 cm³/mol. The maximum Gasteiger partial charge on any atom is 0.261 e. The topological polar surface area (TPSA) is 54.5 Å². The molecule has 1 unspecified atom stereocenters. The third kappa shape index (κ3) is 2.50. The number of imide groups is 1. The molecule has 0 saturated heterocycles. The lowest BCUT2D eigenvalue weighted by Gasteiger charge is -2.17. The third-order valence-corrected chi connectivity index (χ3v) is 3.78. The normalized spacial score (nSPS) is 15.4. The molecule has 0 fully saturated rings. The highest BCUT2D eigenvalue weighted by molar-refractivity contribution is 6.22. The molecule has 0 aliphatic carbocycles. The van der Waals surface area contributed by atoms with Gasteiger partial charge in [0.15, 0.2) is 5.78 Å². The molecule has 0 bridgehead atoms. The fourth-order valence-electron chi connectivity index (χ4n) is 2.61. The lowest BCUT2D eigenvalue weighted by atomic mass is 9.95. The summed E-state index contributed by atoms with van der Waals surface area (Å²) in [6, 6.07) is 6.70. The lowest BCUT2D eigenvalue weighted by molar-refractivity contribution is -0.123. The van der Waals surface area contributed by atoms with Crippen LogP contribution in [-0.2, 0) is 4.79 Å². The molecule has 106 valence electrons. The summed E-state index contributed by atoms with van der Waals surface area (Å²) in [6.45, 7) is 3.88. The van der Waals surface area contributed by atoms with Crippen LogP contribution in [0.1, 0.15) is 53.8 Å². The first-order valence-electron chi connectivity index (χ1n) is 7.08. The molecule has 1 aliphatic heterocycles. The molecule has 0 radical (unpaired) electrons. The monoisotopic (exact) mass is 273 g/mol. The summed E-state index contributed by atoms with van der Waals surface area (Å²) in [6.07, 6.45) is 2.47. The van der Waals surface area contributed by atoms with E-state index in [4.69, 9.17) is 0 Å². The van der Waals surface area contributed by atoms with Gasteiger partial charge >= 0.3 is 0 Å². The molecule has 0 N–H and O–H groups in total. The second kappa shape index (κ2) is 5.99. The van der Waals surface area contributed by atoms with Crippen LogP contribution >= 0.6 is 0 Å². The lowest BCUT2D eigenvalue weighted by Crippen LogP contribution is -2.37. The van der Waals surface area contributed by atoms with Gasteiger partial charge in [-0.1, -0.05) is 32.4 Å². The van der Waals surface area contributed by atoms with Crippen LogP contribution in [0, 0.1) is 5.92 Å². The van der Waals surface area contributed by atoms with E-state index in [0.717, 1.165) is 24.2 Å². The Morgan fingerprint density at radius 1 is 1.10 bits per heavy atom. The van der Waals surface area contributed by atoms with Crippen LogP contribution in [0.5, 0.6) is 0 Å². The maximum absolute atomic E-state index is 12.2. The number of carbonyl (C=O) groups excluding carboxylic acids is 3. The van der Waals surface area contributed by atoms with Gasteiger partial charge in [-0.2, -0.15) is 0 Å². The predicted octanol–water partition coefficient (Wildman–Crippen LogP) is 2.68. The van der Waals surface area contributed by atoms with Gasteiger partial charge in [-0.15, -0.1) is 0 Å². The third-order valence-electron chi connectivity index (χ3n) is 3.78. The number of fused-ring (bicyclic) bond motifs is 1. The Hall–Kier alpha value is -1.97. The zero-order chi connectivity index (χ0) is 14.7. The van der Waals surface area contributed by atoms with E-state index in [1.165, 1.54) is 0 Å². The Morgan fingerprint density at radius 3 is 2.10 bits per heavy atom.